The van der Waals surface area contributed by atoms with Crippen molar-refractivity contribution in [2.24, 2.45) is 0 Å². The zero-order valence-electron chi connectivity index (χ0n) is 12.9. The van der Waals surface area contributed by atoms with Gasteiger partial charge in [-0.2, -0.15) is 0 Å². The second kappa shape index (κ2) is 7.48. The third kappa shape index (κ3) is 3.82. The lowest BCUT2D eigenvalue weighted by Gasteiger charge is -2.14. The number of carboxylic acids is 1. The number of hydrogen-bond acceptors (Lipinski definition) is 2. The molecule has 0 bridgehead atoms. The molecular weight excluding hydrogens is 383 g/mol. The monoisotopic (exact) mass is 394 g/mol. The highest BCUT2D eigenvalue weighted by Gasteiger charge is 2.21. The third-order valence-corrected chi connectivity index (χ3v) is 4.76. The quantitative estimate of drug-likeness (QED) is 0.647. The summed E-state index contributed by atoms with van der Waals surface area (Å²) < 4.78 is 1.75. The molecule has 1 heterocycles. The van der Waals surface area contributed by atoms with Gasteiger partial charge in [0.1, 0.15) is 5.82 Å². The SMILES string of the molecule is O=C(O)Cc1c(Cl)nc(-c2ccccc2)n1Cc1c(Cl)cccc1Cl. The van der Waals surface area contributed by atoms with Crippen molar-refractivity contribution in [1.29, 1.82) is 0 Å². The average Bonchev–Trinajstić information content (AvgIpc) is 2.88. The molecule has 0 unspecified atom stereocenters. The number of hydrogen-bond donors (Lipinski definition) is 1. The zero-order valence-corrected chi connectivity index (χ0v) is 15.2. The van der Waals surface area contributed by atoms with E-state index in [1.54, 1.807) is 22.8 Å². The molecule has 0 saturated heterocycles. The maximum Gasteiger partial charge on any atom is 0.309 e. The van der Waals surface area contributed by atoms with Crippen molar-refractivity contribution in [2.75, 3.05) is 0 Å². The van der Waals surface area contributed by atoms with Crippen molar-refractivity contribution in [3.05, 3.63) is 75.0 Å². The Morgan fingerprint density at radius 1 is 1.00 bits per heavy atom. The molecule has 4 nitrogen and oxygen atoms in total. The number of aliphatic carboxylic acids is 1. The maximum absolute atomic E-state index is 11.3. The molecule has 0 saturated carbocycles. The number of rotatable bonds is 5. The highest BCUT2D eigenvalue weighted by molar-refractivity contribution is 6.36. The predicted octanol–water partition coefficient (Wildman–Crippen LogP) is 5.19. The van der Waals surface area contributed by atoms with E-state index in [2.05, 4.69) is 4.98 Å². The molecule has 0 aliphatic carbocycles. The smallest absolute Gasteiger partial charge is 0.309 e. The zero-order chi connectivity index (χ0) is 18.0. The van der Waals surface area contributed by atoms with Crippen LogP contribution < -0.4 is 0 Å². The number of halogens is 3. The van der Waals surface area contributed by atoms with Crippen LogP contribution in [0.2, 0.25) is 15.2 Å². The Bertz CT molecular complexity index is 903. The summed E-state index contributed by atoms with van der Waals surface area (Å²) in [5, 5.41) is 10.4. The molecule has 1 N–H and O–H groups in total. The van der Waals surface area contributed by atoms with E-state index >= 15 is 0 Å². The second-order valence-electron chi connectivity index (χ2n) is 5.40. The first-order chi connectivity index (χ1) is 12.0. The van der Waals surface area contributed by atoms with Crippen LogP contribution >= 0.6 is 34.8 Å². The van der Waals surface area contributed by atoms with Gasteiger partial charge in [0, 0.05) is 21.2 Å². The minimum atomic E-state index is -0.993. The Kier molecular flexibility index (Phi) is 5.33. The molecule has 0 radical (unpaired) electrons. The van der Waals surface area contributed by atoms with E-state index < -0.39 is 5.97 Å². The predicted molar refractivity (Wildman–Crippen MR) is 99.6 cm³/mol. The van der Waals surface area contributed by atoms with Crippen molar-refractivity contribution in [1.82, 2.24) is 9.55 Å². The highest BCUT2D eigenvalue weighted by atomic mass is 35.5. The maximum atomic E-state index is 11.3. The molecule has 0 aliphatic rings. The normalized spacial score (nSPS) is 10.8. The van der Waals surface area contributed by atoms with Crippen LogP contribution in [-0.4, -0.2) is 20.6 Å². The molecule has 3 aromatic rings. The Hall–Kier alpha value is -2.01. The Balaban J connectivity index is 2.16. The molecule has 0 amide bonds. The summed E-state index contributed by atoms with van der Waals surface area (Å²) >= 11 is 18.8. The van der Waals surface area contributed by atoms with Crippen molar-refractivity contribution in [3.8, 4) is 11.4 Å². The topological polar surface area (TPSA) is 55.1 Å². The van der Waals surface area contributed by atoms with Gasteiger partial charge in [-0.1, -0.05) is 71.2 Å². The molecule has 0 atom stereocenters. The largest absolute Gasteiger partial charge is 0.481 e. The summed E-state index contributed by atoms with van der Waals surface area (Å²) in [5.41, 5.74) is 1.91. The van der Waals surface area contributed by atoms with Gasteiger partial charge in [-0.05, 0) is 12.1 Å². The van der Waals surface area contributed by atoms with Crippen molar-refractivity contribution in [2.45, 2.75) is 13.0 Å². The summed E-state index contributed by atoms with van der Waals surface area (Å²) in [7, 11) is 0. The van der Waals surface area contributed by atoms with Crippen molar-refractivity contribution in [3.63, 3.8) is 0 Å². The van der Waals surface area contributed by atoms with E-state index in [1.807, 2.05) is 30.3 Å². The summed E-state index contributed by atoms with van der Waals surface area (Å²) in [6, 6.07) is 14.6. The molecule has 7 heteroatoms. The van der Waals surface area contributed by atoms with Crippen LogP contribution in [0, 0.1) is 0 Å². The van der Waals surface area contributed by atoms with Crippen LogP contribution in [0.3, 0.4) is 0 Å². The van der Waals surface area contributed by atoms with Crippen LogP contribution in [0.5, 0.6) is 0 Å². The van der Waals surface area contributed by atoms with Gasteiger partial charge in [-0.25, -0.2) is 4.98 Å². The number of carbonyl (C=O) groups is 1. The van der Waals surface area contributed by atoms with Gasteiger partial charge in [0.15, 0.2) is 5.15 Å². The van der Waals surface area contributed by atoms with Crippen LogP contribution in [0.25, 0.3) is 11.4 Å². The first kappa shape index (κ1) is 17.8. The fourth-order valence-electron chi connectivity index (χ4n) is 2.59. The van der Waals surface area contributed by atoms with Gasteiger partial charge in [0.05, 0.1) is 18.7 Å². The Labute approximate surface area is 159 Å². The number of benzene rings is 2. The Morgan fingerprint density at radius 2 is 1.64 bits per heavy atom. The van der Waals surface area contributed by atoms with Crippen molar-refractivity contribution < 1.29 is 9.90 Å². The first-order valence-corrected chi connectivity index (χ1v) is 8.55. The van der Waals surface area contributed by atoms with E-state index in [4.69, 9.17) is 34.8 Å². The number of imidazole rings is 1. The van der Waals surface area contributed by atoms with Gasteiger partial charge < -0.3 is 9.67 Å². The van der Waals surface area contributed by atoms with Gasteiger partial charge in [0.2, 0.25) is 0 Å². The third-order valence-electron chi connectivity index (χ3n) is 3.75. The summed E-state index contributed by atoms with van der Waals surface area (Å²) in [6.45, 7) is 0.269. The van der Waals surface area contributed by atoms with Crippen LogP contribution in [-0.2, 0) is 17.8 Å². The summed E-state index contributed by atoms with van der Waals surface area (Å²) in [5.74, 6) is -0.425. The van der Waals surface area contributed by atoms with E-state index in [0.29, 0.717) is 27.1 Å². The number of carboxylic acid groups (broad SMARTS) is 1. The minimum absolute atomic E-state index is 0.157. The summed E-state index contributed by atoms with van der Waals surface area (Å²) in [6.07, 6.45) is -0.249. The molecule has 0 spiro atoms. The minimum Gasteiger partial charge on any atom is -0.481 e. The molecule has 0 fully saturated rings. The van der Waals surface area contributed by atoms with Gasteiger partial charge in [-0.15, -0.1) is 0 Å². The van der Waals surface area contributed by atoms with Gasteiger partial charge in [-0.3, -0.25) is 4.79 Å². The number of aromatic nitrogens is 2. The van der Waals surface area contributed by atoms with E-state index in [-0.39, 0.29) is 18.1 Å². The van der Waals surface area contributed by atoms with Gasteiger partial charge in [0.25, 0.3) is 0 Å². The standard InChI is InChI=1S/C18H13Cl3N2O2/c19-13-7-4-8-14(20)12(13)10-23-15(9-16(24)25)17(21)22-18(23)11-5-2-1-3-6-11/h1-8H,9-10H2,(H,24,25). The molecule has 0 aliphatic heterocycles. The fraction of sp³-hybridized carbons (Fsp3) is 0.111. The first-order valence-electron chi connectivity index (χ1n) is 7.42. The fourth-order valence-corrected chi connectivity index (χ4v) is 3.35. The lowest BCUT2D eigenvalue weighted by Crippen LogP contribution is -2.11. The van der Waals surface area contributed by atoms with E-state index in [1.165, 1.54) is 0 Å². The highest BCUT2D eigenvalue weighted by Crippen LogP contribution is 2.31. The lowest BCUT2D eigenvalue weighted by molar-refractivity contribution is -0.136. The summed E-state index contributed by atoms with van der Waals surface area (Å²) in [4.78, 5) is 15.6. The van der Waals surface area contributed by atoms with Crippen LogP contribution in [0.4, 0.5) is 0 Å². The number of nitrogens with zero attached hydrogens (tertiary/aromatic N) is 2. The van der Waals surface area contributed by atoms with Gasteiger partial charge >= 0.3 is 5.97 Å². The molecule has 1 aromatic heterocycles. The molecule has 3 rings (SSSR count). The lowest BCUT2D eigenvalue weighted by atomic mass is 10.2. The second-order valence-corrected chi connectivity index (χ2v) is 6.57. The average molecular weight is 396 g/mol. The van der Waals surface area contributed by atoms with E-state index in [0.717, 1.165) is 5.56 Å². The Morgan fingerprint density at radius 3 is 2.24 bits per heavy atom. The van der Waals surface area contributed by atoms with Crippen LogP contribution in [0.1, 0.15) is 11.3 Å². The van der Waals surface area contributed by atoms with E-state index in [9.17, 15) is 9.90 Å². The molecule has 2 aromatic carbocycles. The van der Waals surface area contributed by atoms with Crippen LogP contribution in [0.15, 0.2) is 48.5 Å². The van der Waals surface area contributed by atoms with Crippen molar-refractivity contribution >= 4 is 40.8 Å². The molecular formula is C18H13Cl3N2O2. The molecule has 128 valence electrons. The molecule has 25 heavy (non-hydrogen) atoms.